The summed E-state index contributed by atoms with van der Waals surface area (Å²) < 4.78 is 27.0. The molecule has 2 saturated carbocycles. The number of rotatable bonds is 4. The van der Waals surface area contributed by atoms with Gasteiger partial charge in [0.2, 0.25) is 5.91 Å². The topological polar surface area (TPSA) is 66.9 Å². The minimum absolute atomic E-state index is 0.00543. The maximum Gasteiger partial charge on any atom is 0.223 e. The molecule has 2 aliphatic carbocycles. The van der Waals surface area contributed by atoms with Crippen LogP contribution < -0.4 is 10.6 Å². The molecule has 1 aromatic heterocycles. The van der Waals surface area contributed by atoms with E-state index < -0.39 is 11.6 Å². The number of carbonyl (C=O) groups excluding carboxylic acids is 1. The lowest BCUT2D eigenvalue weighted by molar-refractivity contribution is -0.126. The van der Waals surface area contributed by atoms with Crippen LogP contribution in [0.15, 0.2) is 18.5 Å². The minimum Gasteiger partial charge on any atom is -0.367 e. The lowest BCUT2D eigenvalue weighted by atomic mass is 9.85. The molecule has 2 aromatic rings. The van der Waals surface area contributed by atoms with E-state index in [4.69, 9.17) is 0 Å². The van der Waals surface area contributed by atoms with E-state index in [0.717, 1.165) is 44.2 Å². The molecular weight excluding hydrogens is 326 g/mol. The molecule has 2 fully saturated rings. The number of hydrogen-bond donors (Lipinski definition) is 2. The Labute approximate surface area is 144 Å². The van der Waals surface area contributed by atoms with Crippen molar-refractivity contribution in [3.05, 3.63) is 30.1 Å². The van der Waals surface area contributed by atoms with Gasteiger partial charge in [-0.2, -0.15) is 0 Å². The highest BCUT2D eigenvalue weighted by atomic mass is 19.2. The molecule has 0 aliphatic heterocycles. The number of halogens is 2. The second-order valence-electron chi connectivity index (χ2n) is 6.99. The van der Waals surface area contributed by atoms with Crippen molar-refractivity contribution in [2.75, 3.05) is 5.32 Å². The maximum atomic E-state index is 13.6. The zero-order chi connectivity index (χ0) is 17.4. The quantitative estimate of drug-likeness (QED) is 0.892. The molecule has 0 saturated heterocycles. The van der Waals surface area contributed by atoms with Gasteiger partial charge in [0.15, 0.2) is 11.6 Å². The van der Waals surface area contributed by atoms with Crippen molar-refractivity contribution in [2.24, 2.45) is 5.92 Å². The average molecular weight is 346 g/mol. The fourth-order valence-corrected chi connectivity index (χ4v) is 3.47. The van der Waals surface area contributed by atoms with Crippen molar-refractivity contribution in [2.45, 2.75) is 50.6 Å². The van der Waals surface area contributed by atoms with Crippen LogP contribution in [0.1, 0.15) is 38.5 Å². The number of nitrogens with one attached hydrogen (secondary N) is 2. The third-order valence-electron chi connectivity index (χ3n) is 4.99. The third kappa shape index (κ3) is 3.55. The number of aromatic nitrogens is 2. The van der Waals surface area contributed by atoms with Gasteiger partial charge in [-0.15, -0.1) is 0 Å². The van der Waals surface area contributed by atoms with Crippen LogP contribution in [0.25, 0.3) is 10.9 Å². The molecule has 2 aliphatic rings. The molecule has 25 heavy (non-hydrogen) atoms. The summed E-state index contributed by atoms with van der Waals surface area (Å²) in [6.07, 6.45) is 6.97. The molecule has 2 atom stereocenters. The van der Waals surface area contributed by atoms with Gasteiger partial charge in [0.25, 0.3) is 0 Å². The Morgan fingerprint density at radius 3 is 2.64 bits per heavy atom. The van der Waals surface area contributed by atoms with Crippen LogP contribution in [0.2, 0.25) is 0 Å². The Hall–Kier alpha value is -2.31. The van der Waals surface area contributed by atoms with E-state index in [0.29, 0.717) is 29.2 Å². The van der Waals surface area contributed by atoms with Crippen LogP contribution in [-0.2, 0) is 4.79 Å². The summed E-state index contributed by atoms with van der Waals surface area (Å²) in [6, 6.07) is 2.64. The van der Waals surface area contributed by atoms with Crippen LogP contribution in [0.5, 0.6) is 0 Å². The van der Waals surface area contributed by atoms with E-state index in [2.05, 4.69) is 20.6 Å². The summed E-state index contributed by atoms with van der Waals surface area (Å²) in [4.78, 5) is 20.5. The minimum atomic E-state index is -0.924. The molecule has 1 amide bonds. The molecule has 5 nitrogen and oxygen atoms in total. The Kier molecular flexibility index (Phi) is 4.23. The number of benzene rings is 1. The fourth-order valence-electron chi connectivity index (χ4n) is 3.47. The molecule has 132 valence electrons. The molecular formula is C18H20F2N4O. The van der Waals surface area contributed by atoms with E-state index in [-0.39, 0.29) is 17.9 Å². The highest BCUT2D eigenvalue weighted by molar-refractivity contribution is 5.89. The van der Waals surface area contributed by atoms with Crippen LogP contribution >= 0.6 is 0 Å². The van der Waals surface area contributed by atoms with Gasteiger partial charge >= 0.3 is 0 Å². The van der Waals surface area contributed by atoms with E-state index in [9.17, 15) is 13.6 Å². The maximum absolute atomic E-state index is 13.6. The molecule has 2 N–H and O–H groups in total. The third-order valence-corrected chi connectivity index (χ3v) is 4.99. The van der Waals surface area contributed by atoms with Crippen molar-refractivity contribution in [3.8, 4) is 0 Å². The second kappa shape index (κ2) is 6.54. The molecule has 2 unspecified atom stereocenters. The molecule has 1 aromatic carbocycles. The van der Waals surface area contributed by atoms with Gasteiger partial charge in [0.1, 0.15) is 12.1 Å². The molecule has 0 radical (unpaired) electrons. The Morgan fingerprint density at radius 2 is 1.84 bits per heavy atom. The number of anilines is 1. The van der Waals surface area contributed by atoms with E-state index in [1.807, 2.05) is 0 Å². The predicted octanol–water partition coefficient (Wildman–Crippen LogP) is 3.16. The van der Waals surface area contributed by atoms with Crippen LogP contribution in [0, 0.1) is 17.6 Å². The van der Waals surface area contributed by atoms with Crippen molar-refractivity contribution >= 4 is 22.6 Å². The van der Waals surface area contributed by atoms with Crippen molar-refractivity contribution in [1.29, 1.82) is 0 Å². The standard InChI is InChI=1S/C18H20F2N4O/c19-14-7-13-16(8-15(14)20)21-9-22-17(13)23-12-3-1-2-10(6-12)18(25)24-11-4-5-11/h7-12H,1-6H2,(H,24,25)(H,21,22,23). The zero-order valence-electron chi connectivity index (χ0n) is 13.8. The summed E-state index contributed by atoms with van der Waals surface area (Å²) in [5.41, 5.74) is 0.357. The molecule has 4 rings (SSSR count). The van der Waals surface area contributed by atoms with Gasteiger partial charge in [-0.25, -0.2) is 18.7 Å². The highest BCUT2D eigenvalue weighted by Gasteiger charge is 2.31. The summed E-state index contributed by atoms with van der Waals surface area (Å²) in [5, 5.41) is 6.82. The SMILES string of the molecule is O=C(NC1CC1)C1CCCC(Nc2ncnc3cc(F)c(F)cc23)C1. The molecule has 7 heteroatoms. The fraction of sp³-hybridized carbons (Fsp3) is 0.500. The normalized spacial score (nSPS) is 23.4. The number of amides is 1. The predicted molar refractivity (Wildman–Crippen MR) is 90.0 cm³/mol. The van der Waals surface area contributed by atoms with E-state index in [1.54, 1.807) is 0 Å². The van der Waals surface area contributed by atoms with Gasteiger partial charge in [0, 0.05) is 29.5 Å². The van der Waals surface area contributed by atoms with Gasteiger partial charge in [-0.1, -0.05) is 6.42 Å². The molecule has 0 spiro atoms. The molecule has 0 bridgehead atoms. The Balaban J connectivity index is 1.50. The lowest BCUT2D eigenvalue weighted by Gasteiger charge is -2.29. The van der Waals surface area contributed by atoms with Crippen LogP contribution in [0.3, 0.4) is 0 Å². The first-order chi connectivity index (χ1) is 12.1. The first-order valence-corrected chi connectivity index (χ1v) is 8.77. The van der Waals surface area contributed by atoms with Gasteiger partial charge in [0.05, 0.1) is 5.52 Å². The van der Waals surface area contributed by atoms with E-state index in [1.165, 1.54) is 6.33 Å². The first kappa shape index (κ1) is 16.2. The smallest absolute Gasteiger partial charge is 0.223 e. The monoisotopic (exact) mass is 346 g/mol. The van der Waals surface area contributed by atoms with Crippen molar-refractivity contribution in [3.63, 3.8) is 0 Å². The Morgan fingerprint density at radius 1 is 1.04 bits per heavy atom. The Bertz CT molecular complexity index is 809. The number of nitrogens with zero attached hydrogens (tertiary/aromatic N) is 2. The average Bonchev–Trinajstić information content (AvgIpc) is 3.41. The summed E-state index contributed by atoms with van der Waals surface area (Å²) >= 11 is 0. The van der Waals surface area contributed by atoms with Gasteiger partial charge in [-0.05, 0) is 38.2 Å². The lowest BCUT2D eigenvalue weighted by Crippen LogP contribution is -2.38. The number of hydrogen-bond acceptors (Lipinski definition) is 4. The molecule has 1 heterocycles. The zero-order valence-corrected chi connectivity index (χ0v) is 13.8. The summed E-state index contributed by atoms with van der Waals surface area (Å²) in [7, 11) is 0. The largest absolute Gasteiger partial charge is 0.367 e. The summed E-state index contributed by atoms with van der Waals surface area (Å²) in [5.74, 6) is -1.23. The second-order valence-corrected chi connectivity index (χ2v) is 6.99. The van der Waals surface area contributed by atoms with E-state index >= 15 is 0 Å². The van der Waals surface area contributed by atoms with Crippen LogP contribution in [0.4, 0.5) is 14.6 Å². The van der Waals surface area contributed by atoms with Crippen molar-refractivity contribution in [1.82, 2.24) is 15.3 Å². The first-order valence-electron chi connectivity index (χ1n) is 8.77. The number of carbonyl (C=O) groups is 1. The van der Waals surface area contributed by atoms with Crippen molar-refractivity contribution < 1.29 is 13.6 Å². The summed E-state index contributed by atoms with van der Waals surface area (Å²) in [6.45, 7) is 0. The van der Waals surface area contributed by atoms with Gasteiger partial charge in [-0.3, -0.25) is 4.79 Å². The highest BCUT2D eigenvalue weighted by Crippen LogP contribution is 2.30. The van der Waals surface area contributed by atoms with Gasteiger partial charge < -0.3 is 10.6 Å². The van der Waals surface area contributed by atoms with Crippen LogP contribution in [-0.4, -0.2) is 28.0 Å². The number of fused-ring (bicyclic) bond motifs is 1.